The zero-order valence-electron chi connectivity index (χ0n) is 18.3. The van der Waals surface area contributed by atoms with Crippen LogP contribution in [0.5, 0.6) is 0 Å². The zero-order valence-corrected chi connectivity index (χ0v) is 18.3. The molecule has 5 rings (SSSR count). The second-order valence-corrected chi connectivity index (χ2v) is 9.24. The summed E-state index contributed by atoms with van der Waals surface area (Å²) in [5.41, 5.74) is 3.94. The van der Waals surface area contributed by atoms with E-state index >= 15 is 0 Å². The molecule has 0 spiro atoms. The second kappa shape index (κ2) is 9.21. The van der Waals surface area contributed by atoms with Gasteiger partial charge in [0.1, 0.15) is 0 Å². The first-order valence-corrected chi connectivity index (χ1v) is 12.1. The second-order valence-electron chi connectivity index (χ2n) is 9.24. The molecule has 0 unspecified atom stereocenters. The molecule has 3 aromatic rings. The molecular weight excluding hydrogens is 380 g/mol. The quantitative estimate of drug-likeness (QED) is 0.324. The Labute approximate surface area is 185 Å². The number of hydrogen-bond acceptors (Lipinski definition) is 2. The average Bonchev–Trinajstić information content (AvgIpc) is 3.23. The number of benzene rings is 2. The van der Waals surface area contributed by atoms with E-state index in [0.717, 1.165) is 36.0 Å². The monoisotopic (exact) mass is 412 g/mol. The van der Waals surface area contributed by atoms with Crippen molar-refractivity contribution in [1.82, 2.24) is 4.57 Å². The van der Waals surface area contributed by atoms with Gasteiger partial charge >= 0.3 is 0 Å². The average molecular weight is 413 g/mol. The van der Waals surface area contributed by atoms with Gasteiger partial charge in [0.25, 0.3) is 0 Å². The Morgan fingerprint density at radius 1 is 0.839 bits per heavy atom. The fourth-order valence-electron chi connectivity index (χ4n) is 5.54. The minimum atomic E-state index is 0.344. The van der Waals surface area contributed by atoms with E-state index in [1.807, 2.05) is 18.2 Å². The van der Waals surface area contributed by atoms with E-state index in [-0.39, 0.29) is 0 Å². The lowest BCUT2D eigenvalue weighted by atomic mass is 9.93. The summed E-state index contributed by atoms with van der Waals surface area (Å²) in [5.74, 6) is 0. The van der Waals surface area contributed by atoms with Gasteiger partial charge in [-0.25, -0.2) is 0 Å². The highest BCUT2D eigenvalue weighted by Gasteiger charge is 2.25. The van der Waals surface area contributed by atoms with Crippen LogP contribution in [0.1, 0.15) is 91.9 Å². The van der Waals surface area contributed by atoms with Crippen molar-refractivity contribution in [3.05, 3.63) is 71.5 Å². The number of rotatable bonds is 5. The van der Waals surface area contributed by atoms with Crippen LogP contribution in [-0.4, -0.2) is 22.6 Å². The molecule has 160 valence electrons. The number of carbonyl (C=O) groups is 1. The molecule has 3 nitrogen and oxygen atoms in total. The van der Waals surface area contributed by atoms with E-state index < -0.39 is 0 Å². The molecule has 0 radical (unpaired) electrons. The first-order chi connectivity index (χ1) is 15.3. The molecule has 1 heterocycles. The molecule has 2 aliphatic rings. The summed E-state index contributed by atoms with van der Waals surface area (Å²) in [6.45, 7) is 0. The van der Waals surface area contributed by atoms with Gasteiger partial charge in [-0.05, 0) is 25.7 Å². The normalized spacial score (nSPS) is 19.0. The number of nitrogens with zero attached hydrogens (tertiary/aromatic N) is 2. The van der Waals surface area contributed by atoms with Crippen molar-refractivity contribution < 1.29 is 4.79 Å². The Hall–Kier alpha value is -2.68. The molecule has 0 saturated heterocycles. The van der Waals surface area contributed by atoms with Crippen molar-refractivity contribution in [3.63, 3.8) is 0 Å². The van der Waals surface area contributed by atoms with E-state index in [1.54, 1.807) is 0 Å². The number of fused-ring (bicyclic) bond motifs is 1. The van der Waals surface area contributed by atoms with Crippen LogP contribution in [0.2, 0.25) is 0 Å². The van der Waals surface area contributed by atoms with Crippen molar-refractivity contribution >= 4 is 22.8 Å². The minimum Gasteiger partial charge on any atom is -0.342 e. The summed E-state index contributed by atoms with van der Waals surface area (Å²) in [6, 6.07) is 17.5. The van der Waals surface area contributed by atoms with Gasteiger partial charge < -0.3 is 4.57 Å². The van der Waals surface area contributed by atoms with Crippen molar-refractivity contribution in [3.8, 4) is 0 Å². The van der Waals surface area contributed by atoms with Crippen molar-refractivity contribution in [1.29, 1.82) is 0 Å². The third-order valence-corrected chi connectivity index (χ3v) is 7.17. The molecule has 0 atom stereocenters. The fraction of sp³-hybridized carbons (Fsp3) is 0.429. The molecule has 0 amide bonds. The van der Waals surface area contributed by atoms with E-state index in [4.69, 9.17) is 4.99 Å². The Balaban J connectivity index is 1.74. The molecule has 2 aromatic carbocycles. The molecule has 0 N–H and O–H groups in total. The van der Waals surface area contributed by atoms with Crippen LogP contribution in [0.4, 0.5) is 0 Å². The van der Waals surface area contributed by atoms with E-state index in [2.05, 4.69) is 41.1 Å². The third kappa shape index (κ3) is 4.11. The first-order valence-electron chi connectivity index (χ1n) is 12.1. The van der Waals surface area contributed by atoms with Crippen LogP contribution >= 0.6 is 0 Å². The highest BCUT2D eigenvalue weighted by molar-refractivity contribution is 6.21. The summed E-state index contributed by atoms with van der Waals surface area (Å²) in [4.78, 5) is 17.4. The first kappa shape index (κ1) is 20.2. The number of aromatic nitrogens is 1. The topological polar surface area (TPSA) is 34.4 Å². The van der Waals surface area contributed by atoms with E-state index in [9.17, 15) is 4.79 Å². The highest BCUT2D eigenvalue weighted by atomic mass is 16.1. The molecule has 31 heavy (non-hydrogen) atoms. The van der Waals surface area contributed by atoms with Crippen LogP contribution < -0.4 is 0 Å². The van der Waals surface area contributed by atoms with Crippen molar-refractivity contribution in [2.45, 2.75) is 76.3 Å². The van der Waals surface area contributed by atoms with Gasteiger partial charge in [0, 0.05) is 34.1 Å². The lowest BCUT2D eigenvalue weighted by Crippen LogP contribution is -2.21. The summed E-state index contributed by atoms with van der Waals surface area (Å²) in [5, 5.41) is 2.52. The molecular formula is C28H32N2O. The van der Waals surface area contributed by atoms with Crippen LogP contribution in [0.3, 0.4) is 0 Å². The SMILES string of the molecule is O=Cc1ccccc1C(=NC1CCCCC1)c1c2ccccc2cn1C1CCCCC1. The fourth-order valence-corrected chi connectivity index (χ4v) is 5.54. The molecule has 1 aromatic heterocycles. The standard InChI is InChI=1S/C28H32N2O/c31-20-22-12-8-9-17-25(22)27(29-23-13-3-1-4-14-23)28-26-18-10-7-11-21(26)19-30(28)24-15-5-2-6-16-24/h7-12,17-20,23-24H,1-6,13-16H2. The molecule has 2 fully saturated rings. The predicted octanol–water partition coefficient (Wildman–Crippen LogP) is 7.13. The number of hydrogen-bond donors (Lipinski definition) is 0. The molecule has 2 aliphatic carbocycles. The van der Waals surface area contributed by atoms with Crippen LogP contribution in [-0.2, 0) is 0 Å². The summed E-state index contributed by atoms with van der Waals surface area (Å²) in [6.07, 6.45) is 15.8. The maximum atomic E-state index is 12.0. The summed E-state index contributed by atoms with van der Waals surface area (Å²) in [7, 11) is 0. The maximum absolute atomic E-state index is 12.0. The Bertz CT molecular complexity index is 1080. The number of carbonyl (C=O) groups excluding carboxylic acids is 1. The van der Waals surface area contributed by atoms with Gasteiger partial charge in [0.2, 0.25) is 0 Å². The van der Waals surface area contributed by atoms with Gasteiger partial charge in [-0.3, -0.25) is 9.79 Å². The van der Waals surface area contributed by atoms with Crippen LogP contribution in [0, 0.1) is 0 Å². The minimum absolute atomic E-state index is 0.344. The lowest BCUT2D eigenvalue weighted by Gasteiger charge is -2.27. The van der Waals surface area contributed by atoms with Gasteiger partial charge in [-0.1, -0.05) is 87.1 Å². The van der Waals surface area contributed by atoms with Gasteiger partial charge in [0.15, 0.2) is 6.29 Å². The molecule has 2 saturated carbocycles. The van der Waals surface area contributed by atoms with Crippen LogP contribution in [0.15, 0.2) is 59.7 Å². The molecule has 3 heteroatoms. The van der Waals surface area contributed by atoms with Crippen LogP contribution in [0.25, 0.3) is 10.8 Å². The van der Waals surface area contributed by atoms with Gasteiger partial charge in [0.05, 0.1) is 17.4 Å². The van der Waals surface area contributed by atoms with Gasteiger partial charge in [-0.2, -0.15) is 0 Å². The van der Waals surface area contributed by atoms with Gasteiger partial charge in [-0.15, -0.1) is 0 Å². The Kier molecular flexibility index (Phi) is 6.01. The maximum Gasteiger partial charge on any atom is 0.150 e. The predicted molar refractivity (Wildman–Crippen MR) is 128 cm³/mol. The Morgan fingerprint density at radius 3 is 2.29 bits per heavy atom. The van der Waals surface area contributed by atoms with Crippen molar-refractivity contribution in [2.24, 2.45) is 4.99 Å². The zero-order chi connectivity index (χ0) is 21.0. The van der Waals surface area contributed by atoms with E-state index in [0.29, 0.717) is 12.1 Å². The summed E-state index contributed by atoms with van der Waals surface area (Å²) >= 11 is 0. The number of aliphatic imine (C=N–C) groups is 1. The number of aldehydes is 1. The largest absolute Gasteiger partial charge is 0.342 e. The smallest absolute Gasteiger partial charge is 0.150 e. The highest BCUT2D eigenvalue weighted by Crippen LogP contribution is 2.35. The molecule has 0 bridgehead atoms. The third-order valence-electron chi connectivity index (χ3n) is 7.17. The summed E-state index contributed by atoms with van der Waals surface area (Å²) < 4.78 is 2.51. The molecule has 0 aliphatic heterocycles. The van der Waals surface area contributed by atoms with Crippen molar-refractivity contribution in [2.75, 3.05) is 0 Å². The van der Waals surface area contributed by atoms with E-state index in [1.165, 1.54) is 67.8 Å². The lowest BCUT2D eigenvalue weighted by molar-refractivity contribution is 0.112. The Morgan fingerprint density at radius 2 is 1.52 bits per heavy atom.